The summed E-state index contributed by atoms with van der Waals surface area (Å²) >= 11 is 4.59. The van der Waals surface area contributed by atoms with E-state index in [2.05, 4.69) is 37.8 Å². The van der Waals surface area contributed by atoms with E-state index in [1.54, 1.807) is 0 Å². The van der Waals surface area contributed by atoms with E-state index in [-0.39, 0.29) is 10.8 Å². The smallest absolute Gasteiger partial charge is 0.0346 e. The van der Waals surface area contributed by atoms with Crippen molar-refractivity contribution < 1.29 is 0 Å². The van der Waals surface area contributed by atoms with Gasteiger partial charge in [-0.05, 0) is 26.2 Å². The van der Waals surface area contributed by atoms with Crippen molar-refractivity contribution in [2.75, 3.05) is 0 Å². The van der Waals surface area contributed by atoms with Gasteiger partial charge in [0, 0.05) is 10.8 Å². The Labute approximate surface area is 80.1 Å². The second kappa shape index (κ2) is 3.67. The van der Waals surface area contributed by atoms with Crippen molar-refractivity contribution in [1.29, 1.82) is 0 Å². The molecule has 0 radical (unpaired) electrons. The van der Waals surface area contributed by atoms with Gasteiger partial charge in [-0.15, -0.1) is 0 Å². The second-order valence-electron chi connectivity index (χ2n) is 3.79. The van der Waals surface area contributed by atoms with E-state index in [0.717, 1.165) is 6.42 Å². The first-order chi connectivity index (χ1) is 5.52. The summed E-state index contributed by atoms with van der Waals surface area (Å²) in [7, 11) is 0. The molecular weight excluding hydrogens is 166 g/mol. The van der Waals surface area contributed by atoms with Gasteiger partial charge in [0.1, 0.15) is 0 Å². The number of hydrogen-bond acceptors (Lipinski definition) is 2. The molecule has 1 nitrogen and oxygen atoms in total. The van der Waals surface area contributed by atoms with E-state index in [1.165, 1.54) is 0 Å². The molecule has 1 aliphatic rings. The van der Waals surface area contributed by atoms with Crippen LogP contribution in [0.2, 0.25) is 0 Å². The SMILES string of the molecule is CC(N)CC1C=CC=CC1(C)S. The fraction of sp³-hybridized carbons (Fsp3) is 0.600. The van der Waals surface area contributed by atoms with Gasteiger partial charge in [0.25, 0.3) is 0 Å². The van der Waals surface area contributed by atoms with Crippen molar-refractivity contribution in [2.45, 2.75) is 31.1 Å². The van der Waals surface area contributed by atoms with Crippen LogP contribution in [0.1, 0.15) is 20.3 Å². The lowest BCUT2D eigenvalue weighted by atomic mass is 9.84. The second-order valence-corrected chi connectivity index (χ2v) is 4.75. The Kier molecular flexibility index (Phi) is 3.02. The van der Waals surface area contributed by atoms with Gasteiger partial charge in [-0.2, -0.15) is 12.6 Å². The summed E-state index contributed by atoms with van der Waals surface area (Å²) in [6.07, 6.45) is 9.44. The standard InChI is InChI=1S/C10H17NS/c1-8(11)7-9-5-3-4-6-10(9,2)12/h3-6,8-9,12H,7,11H2,1-2H3. The van der Waals surface area contributed by atoms with Gasteiger partial charge in [-0.25, -0.2) is 0 Å². The van der Waals surface area contributed by atoms with Crippen molar-refractivity contribution in [2.24, 2.45) is 11.7 Å². The van der Waals surface area contributed by atoms with Crippen molar-refractivity contribution >= 4 is 12.6 Å². The van der Waals surface area contributed by atoms with E-state index >= 15 is 0 Å². The van der Waals surface area contributed by atoms with Crippen molar-refractivity contribution in [3.05, 3.63) is 24.3 Å². The molecule has 0 aromatic carbocycles. The lowest BCUT2D eigenvalue weighted by Gasteiger charge is -2.31. The fourth-order valence-corrected chi connectivity index (χ4v) is 1.76. The first-order valence-electron chi connectivity index (χ1n) is 4.36. The largest absolute Gasteiger partial charge is 0.328 e. The molecule has 0 saturated carbocycles. The summed E-state index contributed by atoms with van der Waals surface area (Å²) in [5.41, 5.74) is 5.75. The summed E-state index contributed by atoms with van der Waals surface area (Å²) in [5.74, 6) is 0.464. The van der Waals surface area contributed by atoms with Gasteiger partial charge in [-0.3, -0.25) is 0 Å². The molecule has 1 aliphatic carbocycles. The maximum atomic E-state index is 5.75. The molecule has 0 spiro atoms. The predicted molar refractivity (Wildman–Crippen MR) is 57.4 cm³/mol. The van der Waals surface area contributed by atoms with Crippen LogP contribution in [0.4, 0.5) is 0 Å². The first kappa shape index (κ1) is 9.87. The zero-order chi connectivity index (χ0) is 9.19. The first-order valence-corrected chi connectivity index (χ1v) is 4.81. The molecule has 12 heavy (non-hydrogen) atoms. The Morgan fingerprint density at radius 1 is 1.58 bits per heavy atom. The van der Waals surface area contributed by atoms with Crippen LogP contribution in [0.5, 0.6) is 0 Å². The summed E-state index contributed by atoms with van der Waals surface area (Å²) in [6, 6.07) is 0.248. The summed E-state index contributed by atoms with van der Waals surface area (Å²) < 4.78 is -0.0254. The molecule has 2 heteroatoms. The van der Waals surface area contributed by atoms with E-state index in [4.69, 9.17) is 5.73 Å². The highest BCUT2D eigenvalue weighted by Gasteiger charge is 2.27. The molecule has 3 atom stereocenters. The van der Waals surface area contributed by atoms with Crippen LogP contribution in [0.15, 0.2) is 24.3 Å². The van der Waals surface area contributed by atoms with Gasteiger partial charge in [0.05, 0.1) is 0 Å². The fourth-order valence-electron chi connectivity index (χ4n) is 1.48. The normalized spacial score (nSPS) is 36.8. The zero-order valence-electron chi connectivity index (χ0n) is 7.70. The Balaban J connectivity index is 2.64. The Hall–Kier alpha value is -0.210. The Morgan fingerprint density at radius 3 is 2.75 bits per heavy atom. The number of allylic oxidation sites excluding steroid dienone is 3. The van der Waals surface area contributed by atoms with Gasteiger partial charge in [0.15, 0.2) is 0 Å². The minimum Gasteiger partial charge on any atom is -0.328 e. The Morgan fingerprint density at radius 2 is 2.25 bits per heavy atom. The highest BCUT2D eigenvalue weighted by molar-refractivity contribution is 7.82. The predicted octanol–water partition coefficient (Wildman–Crippen LogP) is 2.15. The Bertz CT molecular complexity index is 204. The van der Waals surface area contributed by atoms with E-state index < -0.39 is 0 Å². The third-order valence-corrected chi connectivity index (χ3v) is 2.75. The zero-order valence-corrected chi connectivity index (χ0v) is 8.59. The molecule has 0 amide bonds. The molecule has 0 bridgehead atoms. The summed E-state index contributed by atoms with van der Waals surface area (Å²) in [5, 5.41) is 0. The third kappa shape index (κ3) is 2.39. The van der Waals surface area contributed by atoms with Crippen molar-refractivity contribution in [3.63, 3.8) is 0 Å². The van der Waals surface area contributed by atoms with Gasteiger partial charge in [-0.1, -0.05) is 24.3 Å². The molecule has 3 unspecified atom stereocenters. The number of hydrogen-bond donors (Lipinski definition) is 2. The quantitative estimate of drug-likeness (QED) is 0.630. The van der Waals surface area contributed by atoms with E-state index in [0.29, 0.717) is 5.92 Å². The lowest BCUT2D eigenvalue weighted by Crippen LogP contribution is -2.31. The van der Waals surface area contributed by atoms with Crippen molar-refractivity contribution in [3.8, 4) is 0 Å². The van der Waals surface area contributed by atoms with Gasteiger partial charge in [0.2, 0.25) is 0 Å². The monoisotopic (exact) mass is 183 g/mol. The summed E-state index contributed by atoms with van der Waals surface area (Å²) in [4.78, 5) is 0. The van der Waals surface area contributed by atoms with Crippen LogP contribution in [0, 0.1) is 5.92 Å². The average molecular weight is 183 g/mol. The highest BCUT2D eigenvalue weighted by atomic mass is 32.1. The summed E-state index contributed by atoms with van der Waals surface area (Å²) in [6.45, 7) is 4.17. The molecule has 0 aromatic heterocycles. The van der Waals surface area contributed by atoms with Crippen LogP contribution < -0.4 is 5.73 Å². The highest BCUT2D eigenvalue weighted by Crippen LogP contribution is 2.33. The van der Waals surface area contributed by atoms with E-state index in [9.17, 15) is 0 Å². The minimum atomic E-state index is -0.0254. The third-order valence-electron chi connectivity index (χ3n) is 2.26. The lowest BCUT2D eigenvalue weighted by molar-refractivity contribution is 0.469. The molecule has 0 fully saturated rings. The molecule has 0 aliphatic heterocycles. The van der Waals surface area contributed by atoms with Crippen LogP contribution in [0.3, 0.4) is 0 Å². The number of rotatable bonds is 2. The number of thiol groups is 1. The van der Waals surface area contributed by atoms with Crippen LogP contribution in [0.25, 0.3) is 0 Å². The minimum absolute atomic E-state index is 0.0254. The number of nitrogens with two attached hydrogens (primary N) is 1. The van der Waals surface area contributed by atoms with Crippen LogP contribution >= 0.6 is 12.6 Å². The molecule has 0 aromatic rings. The molecule has 0 saturated heterocycles. The maximum Gasteiger partial charge on any atom is 0.0346 e. The maximum absolute atomic E-state index is 5.75. The molecule has 2 N–H and O–H groups in total. The topological polar surface area (TPSA) is 26.0 Å². The molecule has 68 valence electrons. The average Bonchev–Trinajstić information content (AvgIpc) is 1.92. The van der Waals surface area contributed by atoms with Crippen LogP contribution in [-0.4, -0.2) is 10.8 Å². The molecular formula is C10H17NS. The van der Waals surface area contributed by atoms with E-state index in [1.807, 2.05) is 13.0 Å². The van der Waals surface area contributed by atoms with Crippen LogP contribution in [-0.2, 0) is 0 Å². The van der Waals surface area contributed by atoms with Gasteiger partial charge < -0.3 is 5.73 Å². The molecule has 1 rings (SSSR count). The van der Waals surface area contributed by atoms with Gasteiger partial charge >= 0.3 is 0 Å². The van der Waals surface area contributed by atoms with Crippen molar-refractivity contribution in [1.82, 2.24) is 0 Å². The molecule has 0 heterocycles.